The molecule has 1 N–H and O–H groups in total. The highest BCUT2D eigenvalue weighted by Crippen LogP contribution is 2.25. The Bertz CT molecular complexity index is 1040. The second-order valence-corrected chi connectivity index (χ2v) is 7.82. The number of hydrogen-bond acceptors (Lipinski definition) is 6. The topological polar surface area (TPSA) is 76.6 Å². The summed E-state index contributed by atoms with van der Waals surface area (Å²) in [5.74, 6) is 2.36. The van der Waals surface area contributed by atoms with E-state index in [1.54, 1.807) is 14.2 Å². The Kier molecular flexibility index (Phi) is 6.84. The van der Waals surface area contributed by atoms with Crippen LogP contribution in [-0.2, 0) is 11.3 Å². The molecule has 1 amide bonds. The monoisotopic (exact) mass is 432 g/mol. The molecule has 1 unspecified atom stereocenters. The van der Waals surface area contributed by atoms with Crippen molar-refractivity contribution in [1.29, 1.82) is 0 Å². The van der Waals surface area contributed by atoms with Gasteiger partial charge >= 0.3 is 0 Å². The number of methoxy groups -OCH3 is 2. The Balaban J connectivity index is 1.37. The Labute approximate surface area is 188 Å². The summed E-state index contributed by atoms with van der Waals surface area (Å²) >= 11 is 0. The van der Waals surface area contributed by atoms with Gasteiger partial charge in [-0.2, -0.15) is 0 Å². The first-order chi connectivity index (χ1) is 15.7. The van der Waals surface area contributed by atoms with Crippen molar-refractivity contribution >= 4 is 11.7 Å². The van der Waals surface area contributed by atoms with E-state index in [0.717, 1.165) is 53.5 Å². The summed E-state index contributed by atoms with van der Waals surface area (Å²) in [5, 5.41) is 11.9. The highest BCUT2D eigenvalue weighted by Gasteiger charge is 2.26. The molecule has 7 nitrogen and oxygen atoms in total. The minimum Gasteiger partial charge on any atom is -0.497 e. The molecule has 0 bridgehead atoms. The molecule has 32 heavy (non-hydrogen) atoms. The fourth-order valence-electron chi connectivity index (χ4n) is 3.98. The molecule has 7 heteroatoms. The highest BCUT2D eigenvalue weighted by molar-refractivity contribution is 5.79. The van der Waals surface area contributed by atoms with Crippen LogP contribution in [0, 0.1) is 5.92 Å². The lowest BCUT2D eigenvalue weighted by atomic mass is 9.97. The maximum atomic E-state index is 12.8. The molecule has 166 valence electrons. The van der Waals surface area contributed by atoms with Crippen LogP contribution < -0.4 is 19.7 Å². The summed E-state index contributed by atoms with van der Waals surface area (Å²) < 4.78 is 10.6. The van der Waals surface area contributed by atoms with Crippen LogP contribution in [0.4, 0.5) is 5.82 Å². The zero-order chi connectivity index (χ0) is 22.3. The van der Waals surface area contributed by atoms with E-state index in [2.05, 4.69) is 20.4 Å². The van der Waals surface area contributed by atoms with E-state index < -0.39 is 0 Å². The lowest BCUT2D eigenvalue weighted by molar-refractivity contribution is -0.125. The van der Waals surface area contributed by atoms with Crippen LogP contribution in [-0.4, -0.2) is 43.4 Å². The van der Waals surface area contributed by atoms with Gasteiger partial charge in [0.15, 0.2) is 5.82 Å². The summed E-state index contributed by atoms with van der Waals surface area (Å²) in [5.41, 5.74) is 2.76. The average Bonchev–Trinajstić information content (AvgIpc) is 2.87. The minimum atomic E-state index is -0.0819. The fourth-order valence-corrected chi connectivity index (χ4v) is 3.98. The molecule has 1 fully saturated rings. The zero-order valence-corrected chi connectivity index (χ0v) is 18.5. The van der Waals surface area contributed by atoms with Crippen molar-refractivity contribution in [2.45, 2.75) is 19.4 Å². The van der Waals surface area contributed by atoms with Gasteiger partial charge in [-0.1, -0.05) is 18.2 Å². The van der Waals surface area contributed by atoms with Gasteiger partial charge in [0.25, 0.3) is 0 Å². The number of benzene rings is 2. The number of rotatable bonds is 7. The molecule has 0 radical (unpaired) electrons. The van der Waals surface area contributed by atoms with Gasteiger partial charge in [0, 0.05) is 30.8 Å². The zero-order valence-electron chi connectivity index (χ0n) is 18.5. The van der Waals surface area contributed by atoms with Crippen LogP contribution in [0.2, 0.25) is 0 Å². The van der Waals surface area contributed by atoms with Crippen molar-refractivity contribution in [3.63, 3.8) is 0 Å². The van der Waals surface area contributed by atoms with Crippen LogP contribution in [0.1, 0.15) is 18.4 Å². The van der Waals surface area contributed by atoms with Gasteiger partial charge in [-0.15, -0.1) is 10.2 Å². The molecule has 0 aliphatic carbocycles. The molecular weight excluding hydrogens is 404 g/mol. The summed E-state index contributed by atoms with van der Waals surface area (Å²) in [6, 6.07) is 19.4. The van der Waals surface area contributed by atoms with E-state index in [9.17, 15) is 4.79 Å². The Hall–Kier alpha value is -3.61. The van der Waals surface area contributed by atoms with E-state index in [1.807, 2.05) is 60.7 Å². The van der Waals surface area contributed by atoms with Gasteiger partial charge < -0.3 is 19.7 Å². The number of nitrogens with zero attached hydrogens (tertiary/aromatic N) is 3. The number of aromatic nitrogens is 2. The van der Waals surface area contributed by atoms with E-state index in [0.29, 0.717) is 13.1 Å². The van der Waals surface area contributed by atoms with Crippen molar-refractivity contribution in [1.82, 2.24) is 15.5 Å². The summed E-state index contributed by atoms with van der Waals surface area (Å²) in [7, 11) is 3.29. The summed E-state index contributed by atoms with van der Waals surface area (Å²) in [6.07, 6.45) is 1.81. The van der Waals surface area contributed by atoms with Crippen LogP contribution >= 0.6 is 0 Å². The van der Waals surface area contributed by atoms with Crippen LogP contribution in [0.25, 0.3) is 11.3 Å². The first kappa shape index (κ1) is 21.6. The van der Waals surface area contributed by atoms with Gasteiger partial charge in [0.1, 0.15) is 11.5 Å². The molecule has 4 rings (SSSR count). The third kappa shape index (κ3) is 4.99. The molecule has 1 saturated heterocycles. The Morgan fingerprint density at radius 3 is 2.56 bits per heavy atom. The quantitative estimate of drug-likeness (QED) is 0.614. The van der Waals surface area contributed by atoms with E-state index >= 15 is 0 Å². The number of hydrogen-bond donors (Lipinski definition) is 1. The number of ether oxygens (including phenoxy) is 2. The summed E-state index contributed by atoms with van der Waals surface area (Å²) in [4.78, 5) is 15.0. The van der Waals surface area contributed by atoms with Crippen molar-refractivity contribution < 1.29 is 14.3 Å². The molecule has 3 aromatic rings. The second-order valence-electron chi connectivity index (χ2n) is 7.82. The van der Waals surface area contributed by atoms with Crippen LogP contribution in [0.15, 0.2) is 60.7 Å². The van der Waals surface area contributed by atoms with E-state index in [4.69, 9.17) is 9.47 Å². The molecular formula is C25H28N4O3. The first-order valence-corrected chi connectivity index (χ1v) is 10.8. The Morgan fingerprint density at radius 1 is 1.03 bits per heavy atom. The normalized spacial score (nSPS) is 15.8. The lowest BCUT2D eigenvalue weighted by Crippen LogP contribution is -2.43. The number of carbonyl (C=O) groups is 1. The van der Waals surface area contributed by atoms with Gasteiger partial charge in [-0.3, -0.25) is 4.79 Å². The highest BCUT2D eigenvalue weighted by atomic mass is 16.5. The van der Waals surface area contributed by atoms with Gasteiger partial charge in [-0.25, -0.2) is 0 Å². The minimum absolute atomic E-state index is 0.0587. The molecule has 1 aliphatic rings. The van der Waals surface area contributed by atoms with Gasteiger partial charge in [0.05, 0.1) is 25.8 Å². The number of carbonyl (C=O) groups excluding carboxylic acids is 1. The van der Waals surface area contributed by atoms with Crippen molar-refractivity contribution in [2.24, 2.45) is 5.92 Å². The number of amides is 1. The smallest absolute Gasteiger partial charge is 0.225 e. The van der Waals surface area contributed by atoms with Crippen LogP contribution in [0.3, 0.4) is 0 Å². The number of nitrogens with one attached hydrogen (secondary N) is 1. The third-order valence-electron chi connectivity index (χ3n) is 5.80. The van der Waals surface area contributed by atoms with E-state index in [-0.39, 0.29) is 11.8 Å². The maximum Gasteiger partial charge on any atom is 0.225 e. The van der Waals surface area contributed by atoms with Gasteiger partial charge in [-0.05, 0) is 55.3 Å². The average molecular weight is 433 g/mol. The molecule has 2 heterocycles. The fraction of sp³-hybridized carbons (Fsp3) is 0.320. The molecule has 2 aromatic carbocycles. The summed E-state index contributed by atoms with van der Waals surface area (Å²) in [6.45, 7) is 1.96. The van der Waals surface area contributed by atoms with Gasteiger partial charge in [0.2, 0.25) is 5.91 Å². The van der Waals surface area contributed by atoms with Crippen molar-refractivity contribution in [3.8, 4) is 22.8 Å². The predicted octanol–water partition coefficient (Wildman–Crippen LogP) is 3.69. The number of anilines is 1. The maximum absolute atomic E-state index is 12.8. The SMILES string of the molecule is COc1ccc(-c2ccc(N3CCCC(C(=O)NCc4ccccc4OC)C3)nn2)cc1. The largest absolute Gasteiger partial charge is 0.497 e. The molecule has 0 spiro atoms. The van der Waals surface area contributed by atoms with Crippen molar-refractivity contribution in [3.05, 3.63) is 66.2 Å². The molecule has 1 aliphatic heterocycles. The van der Waals surface area contributed by atoms with Crippen LogP contribution in [0.5, 0.6) is 11.5 Å². The molecule has 1 atom stereocenters. The lowest BCUT2D eigenvalue weighted by Gasteiger charge is -2.32. The first-order valence-electron chi connectivity index (χ1n) is 10.8. The molecule has 1 aromatic heterocycles. The van der Waals surface area contributed by atoms with Crippen molar-refractivity contribution in [2.75, 3.05) is 32.2 Å². The standard InChI is InChI=1S/C25H28N4O3/c1-31-21-11-9-18(10-12-21)22-13-14-24(28-27-22)29-15-5-7-20(17-29)25(30)26-16-19-6-3-4-8-23(19)32-2/h3-4,6,8-14,20H,5,7,15-17H2,1-2H3,(H,26,30). The number of para-hydroxylation sites is 1. The number of piperidine rings is 1. The van der Waals surface area contributed by atoms with E-state index in [1.165, 1.54) is 0 Å². The Morgan fingerprint density at radius 2 is 1.84 bits per heavy atom. The second kappa shape index (κ2) is 10.1. The molecule has 0 saturated carbocycles. The third-order valence-corrected chi connectivity index (χ3v) is 5.80. The predicted molar refractivity (Wildman–Crippen MR) is 124 cm³/mol.